The second-order valence-electron chi connectivity index (χ2n) is 3.88. The van der Waals surface area contributed by atoms with Gasteiger partial charge in [0.05, 0.1) is 6.61 Å². The predicted molar refractivity (Wildman–Crippen MR) is 72.5 cm³/mol. The van der Waals surface area contributed by atoms with Crippen molar-refractivity contribution < 1.29 is 4.74 Å². The SMILES string of the molecule is CNC(C)c1ccc(OCCSC)c(C)c1. The zero-order chi connectivity index (χ0) is 12.0. The Balaban J connectivity index is 2.67. The summed E-state index contributed by atoms with van der Waals surface area (Å²) in [6.07, 6.45) is 2.09. The minimum Gasteiger partial charge on any atom is -0.492 e. The van der Waals surface area contributed by atoms with E-state index >= 15 is 0 Å². The first-order valence-corrected chi connectivity index (χ1v) is 6.98. The van der Waals surface area contributed by atoms with Gasteiger partial charge in [-0.2, -0.15) is 11.8 Å². The Morgan fingerprint density at radius 2 is 2.19 bits per heavy atom. The third-order valence-corrected chi connectivity index (χ3v) is 3.25. The number of hydrogen-bond acceptors (Lipinski definition) is 3. The number of benzene rings is 1. The van der Waals surface area contributed by atoms with E-state index in [1.807, 2.05) is 7.05 Å². The topological polar surface area (TPSA) is 21.3 Å². The first-order valence-electron chi connectivity index (χ1n) is 5.58. The van der Waals surface area contributed by atoms with Gasteiger partial charge in [0, 0.05) is 11.8 Å². The highest BCUT2D eigenvalue weighted by Gasteiger charge is 2.05. The lowest BCUT2D eigenvalue weighted by Crippen LogP contribution is -2.12. The molecule has 0 fully saturated rings. The van der Waals surface area contributed by atoms with Gasteiger partial charge in [-0.05, 0) is 44.3 Å². The number of rotatable bonds is 6. The van der Waals surface area contributed by atoms with Crippen LogP contribution in [0.3, 0.4) is 0 Å². The molecule has 1 aromatic rings. The van der Waals surface area contributed by atoms with E-state index in [1.165, 1.54) is 11.1 Å². The standard InChI is InChI=1S/C13H21NOS/c1-10-9-12(11(2)14-3)5-6-13(10)15-7-8-16-4/h5-6,9,11,14H,7-8H2,1-4H3. The minimum absolute atomic E-state index is 0.388. The van der Waals surface area contributed by atoms with Crippen molar-refractivity contribution in [3.05, 3.63) is 29.3 Å². The summed E-state index contributed by atoms with van der Waals surface area (Å²) in [5.74, 6) is 2.04. The molecule has 1 atom stereocenters. The largest absolute Gasteiger partial charge is 0.492 e. The van der Waals surface area contributed by atoms with Crippen molar-refractivity contribution in [1.29, 1.82) is 0 Å². The lowest BCUT2D eigenvalue weighted by Gasteiger charge is -2.14. The van der Waals surface area contributed by atoms with Crippen molar-refractivity contribution in [2.45, 2.75) is 19.9 Å². The molecule has 1 unspecified atom stereocenters. The van der Waals surface area contributed by atoms with Crippen LogP contribution in [0.4, 0.5) is 0 Å². The molecule has 0 heterocycles. The Labute approximate surface area is 103 Å². The molecule has 1 N–H and O–H groups in total. The molecule has 1 rings (SSSR count). The number of aryl methyl sites for hydroxylation is 1. The predicted octanol–water partition coefficient (Wildman–Crippen LogP) is 3.02. The molecule has 0 aliphatic carbocycles. The van der Waals surface area contributed by atoms with Gasteiger partial charge in [-0.1, -0.05) is 12.1 Å². The Bertz CT molecular complexity index is 328. The molecule has 0 aromatic heterocycles. The van der Waals surface area contributed by atoms with Crippen molar-refractivity contribution >= 4 is 11.8 Å². The molecule has 0 aliphatic heterocycles. The maximum absolute atomic E-state index is 5.70. The molecule has 2 nitrogen and oxygen atoms in total. The number of nitrogens with one attached hydrogen (secondary N) is 1. The lowest BCUT2D eigenvalue weighted by molar-refractivity contribution is 0.341. The van der Waals surface area contributed by atoms with Gasteiger partial charge in [0.2, 0.25) is 0 Å². The molecule has 0 bridgehead atoms. The van der Waals surface area contributed by atoms with Crippen LogP contribution in [0.5, 0.6) is 5.75 Å². The Morgan fingerprint density at radius 1 is 1.44 bits per heavy atom. The van der Waals surface area contributed by atoms with Crippen LogP contribution in [-0.4, -0.2) is 25.7 Å². The summed E-state index contributed by atoms with van der Waals surface area (Å²) in [5.41, 5.74) is 2.51. The van der Waals surface area contributed by atoms with Crippen molar-refractivity contribution in [1.82, 2.24) is 5.32 Å². The van der Waals surface area contributed by atoms with Crippen LogP contribution < -0.4 is 10.1 Å². The van der Waals surface area contributed by atoms with Gasteiger partial charge < -0.3 is 10.1 Å². The molecular weight excluding hydrogens is 218 g/mol. The van der Waals surface area contributed by atoms with Gasteiger partial charge in [-0.3, -0.25) is 0 Å². The van der Waals surface area contributed by atoms with Gasteiger partial charge in [-0.25, -0.2) is 0 Å². The van der Waals surface area contributed by atoms with Gasteiger partial charge in [0.1, 0.15) is 5.75 Å². The summed E-state index contributed by atoms with van der Waals surface area (Å²) in [6, 6.07) is 6.77. The molecule has 0 amide bonds. The molecule has 0 aliphatic rings. The van der Waals surface area contributed by atoms with E-state index in [4.69, 9.17) is 4.74 Å². The Hall–Kier alpha value is -0.670. The summed E-state index contributed by atoms with van der Waals surface area (Å²) >= 11 is 1.80. The second-order valence-corrected chi connectivity index (χ2v) is 4.86. The van der Waals surface area contributed by atoms with Crippen molar-refractivity contribution in [2.24, 2.45) is 0 Å². The average Bonchev–Trinajstić information content (AvgIpc) is 2.30. The number of hydrogen-bond donors (Lipinski definition) is 1. The molecule has 90 valence electrons. The van der Waals surface area contributed by atoms with Crippen LogP contribution in [-0.2, 0) is 0 Å². The van der Waals surface area contributed by atoms with Gasteiger partial charge in [0.15, 0.2) is 0 Å². The highest BCUT2D eigenvalue weighted by atomic mass is 32.2. The molecule has 1 aromatic carbocycles. The van der Waals surface area contributed by atoms with Crippen LogP contribution in [0.25, 0.3) is 0 Å². The molecule has 0 spiro atoms. The van der Waals surface area contributed by atoms with Crippen molar-refractivity contribution in [2.75, 3.05) is 25.7 Å². The maximum Gasteiger partial charge on any atom is 0.122 e. The zero-order valence-electron chi connectivity index (χ0n) is 10.5. The second kappa shape index (κ2) is 6.81. The van der Waals surface area contributed by atoms with Gasteiger partial charge in [0.25, 0.3) is 0 Å². The van der Waals surface area contributed by atoms with Crippen LogP contribution in [0, 0.1) is 6.92 Å². The highest BCUT2D eigenvalue weighted by molar-refractivity contribution is 7.98. The molecular formula is C13H21NOS. The van der Waals surface area contributed by atoms with Gasteiger partial charge in [-0.15, -0.1) is 0 Å². The molecule has 0 radical (unpaired) electrons. The fourth-order valence-corrected chi connectivity index (χ4v) is 1.76. The summed E-state index contributed by atoms with van der Waals surface area (Å²) in [7, 11) is 1.98. The van der Waals surface area contributed by atoms with E-state index in [0.717, 1.165) is 18.1 Å². The van der Waals surface area contributed by atoms with E-state index in [-0.39, 0.29) is 0 Å². The lowest BCUT2D eigenvalue weighted by atomic mass is 10.1. The quantitative estimate of drug-likeness (QED) is 0.771. The highest BCUT2D eigenvalue weighted by Crippen LogP contribution is 2.22. The summed E-state index contributed by atoms with van der Waals surface area (Å²) < 4.78 is 5.70. The van der Waals surface area contributed by atoms with Crippen LogP contribution in [0.2, 0.25) is 0 Å². The first-order chi connectivity index (χ1) is 7.69. The summed E-state index contributed by atoms with van der Waals surface area (Å²) in [6.45, 7) is 5.03. The zero-order valence-corrected chi connectivity index (χ0v) is 11.4. The monoisotopic (exact) mass is 239 g/mol. The third-order valence-electron chi connectivity index (χ3n) is 2.68. The smallest absolute Gasteiger partial charge is 0.122 e. The molecule has 0 saturated carbocycles. The summed E-state index contributed by atoms with van der Waals surface area (Å²) in [4.78, 5) is 0. The number of thioether (sulfide) groups is 1. The minimum atomic E-state index is 0.388. The van der Waals surface area contributed by atoms with E-state index in [1.54, 1.807) is 11.8 Å². The molecule has 0 saturated heterocycles. The molecule has 16 heavy (non-hydrogen) atoms. The third kappa shape index (κ3) is 3.72. The Kier molecular flexibility index (Phi) is 5.71. The van der Waals surface area contributed by atoms with E-state index in [0.29, 0.717) is 6.04 Å². The number of ether oxygens (including phenoxy) is 1. The van der Waals surface area contributed by atoms with E-state index in [2.05, 4.69) is 43.6 Å². The average molecular weight is 239 g/mol. The molecule has 3 heteroatoms. The van der Waals surface area contributed by atoms with Crippen LogP contribution in [0.15, 0.2) is 18.2 Å². The van der Waals surface area contributed by atoms with E-state index < -0.39 is 0 Å². The normalized spacial score (nSPS) is 12.5. The van der Waals surface area contributed by atoms with Crippen LogP contribution in [0.1, 0.15) is 24.1 Å². The van der Waals surface area contributed by atoms with Gasteiger partial charge >= 0.3 is 0 Å². The maximum atomic E-state index is 5.70. The van der Waals surface area contributed by atoms with Crippen molar-refractivity contribution in [3.8, 4) is 5.75 Å². The van der Waals surface area contributed by atoms with E-state index in [9.17, 15) is 0 Å². The first kappa shape index (κ1) is 13.4. The summed E-state index contributed by atoms with van der Waals surface area (Å²) in [5, 5.41) is 3.24. The fraction of sp³-hybridized carbons (Fsp3) is 0.538. The fourth-order valence-electron chi connectivity index (χ4n) is 1.51. The van der Waals surface area contributed by atoms with Crippen molar-refractivity contribution in [3.63, 3.8) is 0 Å². The Morgan fingerprint density at radius 3 is 2.75 bits per heavy atom. The van der Waals surface area contributed by atoms with Crippen LogP contribution >= 0.6 is 11.8 Å².